The number of para-hydroxylation sites is 1. The molecule has 0 aromatic heterocycles. The van der Waals surface area contributed by atoms with Crippen molar-refractivity contribution in [2.45, 2.75) is 18.8 Å². The normalized spacial score (nSPS) is 13.3. The van der Waals surface area contributed by atoms with Crippen molar-refractivity contribution < 1.29 is 27.5 Å². The van der Waals surface area contributed by atoms with Gasteiger partial charge in [-0.3, -0.25) is 4.79 Å². The van der Waals surface area contributed by atoms with Gasteiger partial charge >= 0.3 is 17.8 Å². The van der Waals surface area contributed by atoms with E-state index in [-0.39, 0.29) is 17.9 Å². The maximum atomic E-state index is 13.9. The van der Waals surface area contributed by atoms with Gasteiger partial charge in [0.1, 0.15) is 0 Å². The second-order valence-electron chi connectivity index (χ2n) is 5.40. The molecule has 0 aliphatic rings. The summed E-state index contributed by atoms with van der Waals surface area (Å²) in [6.45, 7) is 1.06. The Morgan fingerprint density at radius 3 is 2.04 bits per heavy atom. The average molecular weight is 381 g/mol. The molecule has 0 aliphatic heterocycles. The Kier molecular flexibility index (Phi) is 6.40. The van der Waals surface area contributed by atoms with E-state index in [1.807, 2.05) is 5.43 Å². The molecule has 0 saturated heterocycles. The van der Waals surface area contributed by atoms with Crippen LogP contribution in [0.5, 0.6) is 0 Å². The molecule has 2 aromatic rings. The van der Waals surface area contributed by atoms with Crippen molar-refractivity contribution in [2.75, 3.05) is 12.0 Å². The molecule has 0 aliphatic carbocycles. The van der Waals surface area contributed by atoms with Crippen LogP contribution in [-0.2, 0) is 9.53 Å². The zero-order chi connectivity index (χ0) is 19.9. The number of carbonyl (C=O) groups is 2. The number of hydrogen-bond donors (Lipinski definition) is 3. The van der Waals surface area contributed by atoms with Gasteiger partial charge in [0, 0.05) is 11.3 Å². The third kappa shape index (κ3) is 4.76. The Balaban J connectivity index is 2.37. The van der Waals surface area contributed by atoms with Crippen LogP contribution in [0.2, 0.25) is 0 Å². The predicted molar refractivity (Wildman–Crippen MR) is 92.5 cm³/mol. The molecule has 0 heterocycles. The van der Waals surface area contributed by atoms with Crippen molar-refractivity contribution in [1.82, 2.24) is 10.7 Å². The number of esters is 1. The molecule has 0 spiro atoms. The van der Waals surface area contributed by atoms with Gasteiger partial charge in [0.25, 0.3) is 5.91 Å². The molecule has 1 atom stereocenters. The first-order chi connectivity index (χ1) is 12.8. The van der Waals surface area contributed by atoms with Crippen molar-refractivity contribution in [2.24, 2.45) is 0 Å². The summed E-state index contributed by atoms with van der Waals surface area (Å²) in [4.78, 5) is 24.6. The highest BCUT2D eigenvalue weighted by molar-refractivity contribution is 5.98. The van der Waals surface area contributed by atoms with Crippen molar-refractivity contribution in [3.63, 3.8) is 0 Å². The quantitative estimate of drug-likeness (QED) is 0.391. The lowest BCUT2D eigenvalue weighted by atomic mass is 10.1. The zero-order valence-corrected chi connectivity index (χ0v) is 14.3. The van der Waals surface area contributed by atoms with Crippen molar-refractivity contribution in [3.8, 4) is 0 Å². The first-order valence-electron chi connectivity index (χ1n) is 8.00. The van der Waals surface area contributed by atoms with Gasteiger partial charge in [-0.25, -0.2) is 4.79 Å². The summed E-state index contributed by atoms with van der Waals surface area (Å²) in [5.41, 5.74) is 0.911. The molecule has 0 saturated carbocycles. The summed E-state index contributed by atoms with van der Waals surface area (Å²) in [7, 11) is 0. The summed E-state index contributed by atoms with van der Waals surface area (Å²) in [5, 5.41) is 1.73. The molecule has 2 rings (SSSR count). The number of hydrogen-bond acceptors (Lipinski definition) is 5. The van der Waals surface area contributed by atoms with Crippen molar-refractivity contribution >= 4 is 17.6 Å². The number of alkyl halides is 3. The maximum Gasteiger partial charge on any atom is 0.438 e. The lowest BCUT2D eigenvalue weighted by molar-refractivity contribution is -0.217. The Hall–Kier alpha value is -3.07. The van der Waals surface area contributed by atoms with E-state index in [9.17, 15) is 22.8 Å². The number of halogens is 3. The second-order valence-corrected chi connectivity index (χ2v) is 5.40. The maximum absolute atomic E-state index is 13.9. The summed E-state index contributed by atoms with van der Waals surface area (Å²) in [5.74, 6) is -2.78. The number of nitrogens with one attached hydrogen (secondary N) is 3. The fraction of sp³-hybridized carbons (Fsp3) is 0.222. The predicted octanol–water partition coefficient (Wildman–Crippen LogP) is 2.85. The van der Waals surface area contributed by atoms with Gasteiger partial charge < -0.3 is 15.5 Å². The first-order valence-corrected chi connectivity index (χ1v) is 8.00. The smallest absolute Gasteiger partial charge is 0.438 e. The molecule has 144 valence electrons. The highest BCUT2D eigenvalue weighted by Gasteiger charge is 2.63. The molecular formula is C18H18F3N3O3. The van der Waals surface area contributed by atoms with Crippen molar-refractivity contribution in [3.05, 3.63) is 66.2 Å². The molecule has 9 heteroatoms. The molecule has 1 amide bonds. The Morgan fingerprint density at radius 1 is 0.963 bits per heavy atom. The fourth-order valence-electron chi connectivity index (χ4n) is 2.15. The second kappa shape index (κ2) is 8.54. The molecule has 0 radical (unpaired) electrons. The molecule has 0 fully saturated rings. The van der Waals surface area contributed by atoms with Crippen LogP contribution >= 0.6 is 0 Å². The summed E-state index contributed by atoms with van der Waals surface area (Å²) in [6, 6.07) is 15.1. The van der Waals surface area contributed by atoms with Crippen LogP contribution in [-0.4, -0.2) is 30.3 Å². The van der Waals surface area contributed by atoms with Gasteiger partial charge in [0.05, 0.1) is 6.61 Å². The van der Waals surface area contributed by atoms with Crippen LogP contribution in [0, 0.1) is 0 Å². The Labute approximate surface area is 153 Å². The third-order valence-corrected chi connectivity index (χ3v) is 3.51. The van der Waals surface area contributed by atoms with Crippen LogP contribution < -0.4 is 16.2 Å². The van der Waals surface area contributed by atoms with E-state index in [1.165, 1.54) is 43.3 Å². The monoisotopic (exact) mass is 381 g/mol. The third-order valence-electron chi connectivity index (χ3n) is 3.51. The van der Waals surface area contributed by atoms with Crippen LogP contribution in [0.25, 0.3) is 0 Å². The van der Waals surface area contributed by atoms with Gasteiger partial charge in [-0.1, -0.05) is 36.4 Å². The van der Waals surface area contributed by atoms with Crippen molar-refractivity contribution in [1.29, 1.82) is 0 Å². The summed E-state index contributed by atoms with van der Waals surface area (Å²) < 4.78 is 46.3. The first kappa shape index (κ1) is 20.2. The van der Waals surface area contributed by atoms with Crippen LogP contribution in [0.1, 0.15) is 17.3 Å². The van der Waals surface area contributed by atoms with E-state index in [0.717, 1.165) is 0 Å². The minimum Gasteiger partial charge on any atom is -0.463 e. The molecule has 3 N–H and O–H groups in total. The number of ether oxygens (including phenoxy) is 1. The summed E-state index contributed by atoms with van der Waals surface area (Å²) in [6.07, 6.45) is -5.20. The number of amides is 1. The molecule has 0 unspecified atom stereocenters. The molecule has 27 heavy (non-hydrogen) atoms. The van der Waals surface area contributed by atoms with Crippen LogP contribution in [0.15, 0.2) is 60.7 Å². The lowest BCUT2D eigenvalue weighted by Crippen LogP contribution is -2.73. The average Bonchev–Trinajstić information content (AvgIpc) is 2.65. The van der Waals surface area contributed by atoms with Crippen LogP contribution in [0.4, 0.5) is 18.9 Å². The zero-order valence-electron chi connectivity index (χ0n) is 14.3. The Bertz CT molecular complexity index is 770. The molecule has 0 bridgehead atoms. The van der Waals surface area contributed by atoms with E-state index in [2.05, 4.69) is 10.2 Å². The minimum atomic E-state index is -5.20. The highest BCUT2D eigenvalue weighted by Crippen LogP contribution is 2.30. The SMILES string of the molecule is CCOC(=O)[C@@](NNc1ccccc1)(NC(=O)c1ccccc1)C(F)(F)F. The number of carbonyl (C=O) groups excluding carboxylic acids is 2. The number of anilines is 1. The van der Waals surface area contributed by atoms with Gasteiger partial charge in [-0.15, -0.1) is 0 Å². The largest absolute Gasteiger partial charge is 0.463 e. The number of benzene rings is 2. The van der Waals surface area contributed by atoms with E-state index in [0.29, 0.717) is 0 Å². The van der Waals surface area contributed by atoms with E-state index in [1.54, 1.807) is 29.6 Å². The van der Waals surface area contributed by atoms with Gasteiger partial charge in [0.15, 0.2) is 0 Å². The highest BCUT2D eigenvalue weighted by atomic mass is 19.4. The molecule has 6 nitrogen and oxygen atoms in total. The van der Waals surface area contributed by atoms with Crippen LogP contribution in [0.3, 0.4) is 0 Å². The standard InChI is InChI=1S/C18H18F3N3O3/c1-2-27-16(26)17(18(19,20)21,24-23-14-11-7-4-8-12-14)22-15(25)13-9-5-3-6-10-13/h3-12,23-24H,2H2,1H3,(H,22,25)/t17-/m0/s1. The Morgan fingerprint density at radius 2 is 1.52 bits per heavy atom. The molecular weight excluding hydrogens is 363 g/mol. The number of rotatable bonds is 7. The van der Waals surface area contributed by atoms with Gasteiger partial charge in [0.2, 0.25) is 0 Å². The lowest BCUT2D eigenvalue weighted by Gasteiger charge is -2.35. The topological polar surface area (TPSA) is 79.5 Å². The minimum absolute atomic E-state index is 0.0445. The molecule has 2 aromatic carbocycles. The number of hydrazine groups is 1. The van der Waals surface area contributed by atoms with Gasteiger partial charge in [-0.2, -0.15) is 18.6 Å². The fourth-order valence-corrected chi connectivity index (χ4v) is 2.15. The van der Waals surface area contributed by atoms with Gasteiger partial charge in [-0.05, 0) is 31.2 Å². The van der Waals surface area contributed by atoms with E-state index in [4.69, 9.17) is 0 Å². The van der Waals surface area contributed by atoms with E-state index < -0.39 is 23.7 Å². The summed E-state index contributed by atoms with van der Waals surface area (Å²) >= 11 is 0. The van der Waals surface area contributed by atoms with E-state index >= 15 is 0 Å².